The molecule has 1 N–H and O–H groups in total. The van der Waals surface area contributed by atoms with Crippen molar-refractivity contribution in [1.29, 1.82) is 0 Å². The van der Waals surface area contributed by atoms with Gasteiger partial charge in [-0.15, -0.1) is 0 Å². The molecule has 86 valence electrons. The van der Waals surface area contributed by atoms with E-state index in [2.05, 4.69) is 5.32 Å². The zero-order valence-electron chi connectivity index (χ0n) is 9.24. The number of amides is 2. The van der Waals surface area contributed by atoms with Crippen LogP contribution in [0.5, 0.6) is 0 Å². The molecule has 3 nitrogen and oxygen atoms in total. The van der Waals surface area contributed by atoms with Crippen molar-refractivity contribution in [3.05, 3.63) is 35.6 Å². The Morgan fingerprint density at radius 1 is 1.50 bits per heavy atom. The minimum absolute atomic E-state index is 0.134. The molecule has 0 aromatic heterocycles. The second-order valence-corrected chi connectivity index (χ2v) is 4.17. The van der Waals surface area contributed by atoms with Crippen molar-refractivity contribution < 1.29 is 9.18 Å². The number of carbonyl (C=O) groups is 1. The highest BCUT2D eigenvalue weighted by Gasteiger charge is 2.24. The van der Waals surface area contributed by atoms with Crippen molar-refractivity contribution in [3.63, 3.8) is 0 Å². The fraction of sp³-hybridized carbons (Fsp3) is 0.417. The van der Waals surface area contributed by atoms with Crippen molar-refractivity contribution in [2.45, 2.75) is 25.4 Å². The molecule has 0 saturated heterocycles. The Hall–Kier alpha value is -1.58. The SMILES string of the molecule is CN(Cc1ccccc1F)C(=O)NC1CC1. The minimum atomic E-state index is -0.270. The zero-order chi connectivity index (χ0) is 11.5. The first-order chi connectivity index (χ1) is 7.66. The molecular formula is C12H15FN2O. The predicted octanol–water partition coefficient (Wildman–Crippen LogP) is 2.13. The maximum Gasteiger partial charge on any atom is 0.317 e. The number of halogens is 1. The van der Waals surface area contributed by atoms with Gasteiger partial charge in [-0.2, -0.15) is 0 Å². The Labute approximate surface area is 94.3 Å². The maximum absolute atomic E-state index is 13.3. The molecule has 0 unspecified atom stereocenters. The number of nitrogens with zero attached hydrogens (tertiary/aromatic N) is 1. The third kappa shape index (κ3) is 2.72. The molecule has 4 heteroatoms. The van der Waals surface area contributed by atoms with E-state index in [1.165, 1.54) is 11.0 Å². The van der Waals surface area contributed by atoms with E-state index in [1.54, 1.807) is 25.2 Å². The third-order valence-electron chi connectivity index (χ3n) is 2.62. The summed E-state index contributed by atoms with van der Waals surface area (Å²) in [6.07, 6.45) is 2.11. The second kappa shape index (κ2) is 4.51. The standard InChI is InChI=1S/C12H15FN2O/c1-15(12(16)14-10-6-7-10)8-9-4-2-3-5-11(9)13/h2-5,10H,6-8H2,1H3,(H,14,16). The van der Waals surface area contributed by atoms with E-state index in [-0.39, 0.29) is 11.8 Å². The van der Waals surface area contributed by atoms with Gasteiger partial charge in [0.2, 0.25) is 0 Å². The Bertz CT molecular complexity index is 390. The second-order valence-electron chi connectivity index (χ2n) is 4.17. The van der Waals surface area contributed by atoms with Crippen LogP contribution >= 0.6 is 0 Å². The molecule has 1 aliphatic carbocycles. The molecule has 0 bridgehead atoms. The third-order valence-corrected chi connectivity index (χ3v) is 2.62. The highest BCUT2D eigenvalue weighted by molar-refractivity contribution is 5.74. The summed E-state index contributed by atoms with van der Waals surface area (Å²) in [4.78, 5) is 13.1. The topological polar surface area (TPSA) is 32.3 Å². The first-order valence-corrected chi connectivity index (χ1v) is 5.42. The van der Waals surface area contributed by atoms with E-state index in [0.717, 1.165) is 12.8 Å². The highest BCUT2D eigenvalue weighted by atomic mass is 19.1. The molecule has 0 atom stereocenters. The molecular weight excluding hydrogens is 207 g/mol. The quantitative estimate of drug-likeness (QED) is 0.834. The van der Waals surface area contributed by atoms with Crippen LogP contribution in [0.25, 0.3) is 0 Å². The average Bonchev–Trinajstić information content (AvgIpc) is 3.05. The molecule has 1 aliphatic rings. The molecule has 1 fully saturated rings. The number of urea groups is 1. The van der Waals surface area contributed by atoms with E-state index < -0.39 is 0 Å². The van der Waals surface area contributed by atoms with Crippen molar-refractivity contribution in [1.82, 2.24) is 10.2 Å². The molecule has 0 radical (unpaired) electrons. The van der Waals surface area contributed by atoms with Crippen LogP contribution in [-0.2, 0) is 6.54 Å². The highest BCUT2D eigenvalue weighted by Crippen LogP contribution is 2.19. The molecule has 2 rings (SSSR count). The van der Waals surface area contributed by atoms with E-state index >= 15 is 0 Å². The molecule has 0 spiro atoms. The predicted molar refractivity (Wildman–Crippen MR) is 59.4 cm³/mol. The fourth-order valence-electron chi connectivity index (χ4n) is 1.47. The van der Waals surface area contributed by atoms with Crippen LogP contribution in [0.1, 0.15) is 18.4 Å². The summed E-state index contributed by atoms with van der Waals surface area (Å²) < 4.78 is 13.3. The van der Waals surface area contributed by atoms with Gasteiger partial charge < -0.3 is 10.2 Å². The van der Waals surface area contributed by atoms with Crippen molar-refractivity contribution >= 4 is 6.03 Å². The number of nitrogens with one attached hydrogen (secondary N) is 1. The molecule has 0 aliphatic heterocycles. The van der Waals surface area contributed by atoms with Crippen LogP contribution < -0.4 is 5.32 Å². The number of hydrogen-bond acceptors (Lipinski definition) is 1. The molecule has 1 saturated carbocycles. The van der Waals surface area contributed by atoms with Gasteiger partial charge >= 0.3 is 6.03 Å². The maximum atomic E-state index is 13.3. The van der Waals surface area contributed by atoms with Crippen LogP contribution in [-0.4, -0.2) is 24.0 Å². The summed E-state index contributed by atoms with van der Waals surface area (Å²) in [7, 11) is 1.67. The van der Waals surface area contributed by atoms with Crippen molar-refractivity contribution in [2.75, 3.05) is 7.05 Å². The molecule has 0 heterocycles. The summed E-state index contributed by atoms with van der Waals surface area (Å²) in [5.74, 6) is -0.270. The molecule has 1 aromatic carbocycles. The smallest absolute Gasteiger partial charge is 0.317 e. The fourth-order valence-corrected chi connectivity index (χ4v) is 1.47. The number of hydrogen-bond donors (Lipinski definition) is 1. The van der Waals surface area contributed by atoms with Crippen LogP contribution in [0.2, 0.25) is 0 Å². The number of rotatable bonds is 3. The van der Waals surface area contributed by atoms with Gasteiger partial charge in [0, 0.05) is 25.2 Å². The van der Waals surface area contributed by atoms with Gasteiger partial charge in [-0.1, -0.05) is 18.2 Å². The van der Waals surface area contributed by atoms with Gasteiger partial charge in [-0.25, -0.2) is 9.18 Å². The van der Waals surface area contributed by atoms with Gasteiger partial charge in [0.15, 0.2) is 0 Å². The largest absolute Gasteiger partial charge is 0.335 e. The molecule has 1 aromatic rings. The van der Waals surface area contributed by atoms with Crippen LogP contribution in [0.15, 0.2) is 24.3 Å². The molecule has 16 heavy (non-hydrogen) atoms. The van der Waals surface area contributed by atoms with E-state index in [1.807, 2.05) is 0 Å². The number of carbonyl (C=O) groups excluding carboxylic acids is 1. The summed E-state index contributed by atoms with van der Waals surface area (Å²) in [6.45, 7) is 0.297. The zero-order valence-corrected chi connectivity index (χ0v) is 9.24. The average molecular weight is 222 g/mol. The van der Waals surface area contributed by atoms with Crippen LogP contribution in [0.4, 0.5) is 9.18 Å². The van der Waals surface area contributed by atoms with Gasteiger partial charge in [0.25, 0.3) is 0 Å². The van der Waals surface area contributed by atoms with Gasteiger partial charge in [0.05, 0.1) is 0 Å². The van der Waals surface area contributed by atoms with E-state index in [9.17, 15) is 9.18 Å². The van der Waals surface area contributed by atoms with E-state index in [4.69, 9.17) is 0 Å². The minimum Gasteiger partial charge on any atom is -0.335 e. The summed E-state index contributed by atoms with van der Waals surface area (Å²) in [5, 5.41) is 2.86. The van der Waals surface area contributed by atoms with Gasteiger partial charge in [-0.3, -0.25) is 0 Å². The Morgan fingerprint density at radius 2 is 2.19 bits per heavy atom. The van der Waals surface area contributed by atoms with E-state index in [0.29, 0.717) is 18.2 Å². The normalized spacial score (nSPS) is 14.6. The van der Waals surface area contributed by atoms with Crippen LogP contribution in [0.3, 0.4) is 0 Å². The van der Waals surface area contributed by atoms with Crippen LogP contribution in [0, 0.1) is 5.82 Å². The lowest BCUT2D eigenvalue weighted by Crippen LogP contribution is -2.38. The summed E-state index contributed by atoms with van der Waals surface area (Å²) >= 11 is 0. The van der Waals surface area contributed by atoms with Gasteiger partial charge in [0.1, 0.15) is 5.82 Å². The lowest BCUT2D eigenvalue weighted by atomic mass is 10.2. The summed E-state index contributed by atoms with van der Waals surface area (Å²) in [6, 6.07) is 6.70. The Kier molecular flexibility index (Phi) is 3.08. The molecule has 2 amide bonds. The van der Waals surface area contributed by atoms with Crippen molar-refractivity contribution in [3.8, 4) is 0 Å². The first-order valence-electron chi connectivity index (χ1n) is 5.42. The van der Waals surface area contributed by atoms with Crippen molar-refractivity contribution in [2.24, 2.45) is 0 Å². The lowest BCUT2D eigenvalue weighted by molar-refractivity contribution is 0.206. The first kappa shape index (κ1) is 10.9. The Balaban J connectivity index is 1.92. The van der Waals surface area contributed by atoms with Gasteiger partial charge in [-0.05, 0) is 18.9 Å². The monoisotopic (exact) mass is 222 g/mol. The summed E-state index contributed by atoms with van der Waals surface area (Å²) in [5.41, 5.74) is 0.538. The Morgan fingerprint density at radius 3 is 2.81 bits per heavy atom. The lowest BCUT2D eigenvalue weighted by Gasteiger charge is -2.18. The number of benzene rings is 1.